The zero-order valence-electron chi connectivity index (χ0n) is 9.56. The number of carbonyl (C=O) groups excluding carboxylic acids is 1. The van der Waals surface area contributed by atoms with Crippen molar-refractivity contribution in [3.8, 4) is 0 Å². The van der Waals surface area contributed by atoms with Crippen LogP contribution in [0.15, 0.2) is 24.3 Å². The van der Waals surface area contributed by atoms with E-state index in [1.165, 1.54) is 19.3 Å². The van der Waals surface area contributed by atoms with Gasteiger partial charge >= 0.3 is 5.97 Å². The van der Waals surface area contributed by atoms with Gasteiger partial charge in [-0.3, -0.25) is 0 Å². The van der Waals surface area contributed by atoms with Crippen LogP contribution >= 0.6 is 11.6 Å². The maximum absolute atomic E-state index is 11.9. The zero-order valence-corrected chi connectivity index (χ0v) is 10.3. The molecule has 17 heavy (non-hydrogen) atoms. The number of carbonyl (C=O) groups is 1. The zero-order chi connectivity index (χ0) is 11.8. The Bertz CT molecular complexity index is 426. The Morgan fingerprint density at radius 2 is 1.94 bits per heavy atom. The number of hydrogen-bond acceptors (Lipinski definition) is 2. The highest BCUT2D eigenvalue weighted by Gasteiger charge is 2.41. The molecule has 1 aromatic rings. The van der Waals surface area contributed by atoms with Crippen LogP contribution in [0.2, 0.25) is 5.02 Å². The molecule has 0 aliphatic heterocycles. The van der Waals surface area contributed by atoms with Crippen molar-refractivity contribution in [2.75, 3.05) is 0 Å². The minimum Gasteiger partial charge on any atom is -0.458 e. The Labute approximate surface area is 106 Å². The predicted octanol–water partition coefficient (Wildman–Crippen LogP) is 3.69. The molecule has 2 fully saturated rings. The van der Waals surface area contributed by atoms with E-state index in [9.17, 15) is 4.79 Å². The van der Waals surface area contributed by atoms with E-state index in [0.29, 0.717) is 16.5 Å². The number of fused-ring (bicyclic) bond motifs is 2. The third-order valence-corrected chi connectivity index (χ3v) is 4.26. The van der Waals surface area contributed by atoms with Crippen molar-refractivity contribution in [3.63, 3.8) is 0 Å². The molecule has 3 unspecified atom stereocenters. The lowest BCUT2D eigenvalue weighted by Gasteiger charge is -2.21. The first-order valence-corrected chi connectivity index (χ1v) is 6.57. The summed E-state index contributed by atoms with van der Waals surface area (Å²) in [6, 6.07) is 6.88. The van der Waals surface area contributed by atoms with Gasteiger partial charge in [0.2, 0.25) is 0 Å². The van der Waals surface area contributed by atoms with E-state index in [4.69, 9.17) is 16.3 Å². The van der Waals surface area contributed by atoms with Gasteiger partial charge in [-0.05, 0) is 61.8 Å². The quantitative estimate of drug-likeness (QED) is 0.749. The van der Waals surface area contributed by atoms with E-state index in [0.717, 1.165) is 12.3 Å². The molecule has 3 atom stereocenters. The van der Waals surface area contributed by atoms with Crippen LogP contribution in [-0.4, -0.2) is 12.1 Å². The molecule has 0 heterocycles. The molecule has 3 heteroatoms. The minimum absolute atomic E-state index is 0.150. The van der Waals surface area contributed by atoms with Gasteiger partial charge in [0.05, 0.1) is 5.56 Å². The molecule has 0 N–H and O–H groups in total. The van der Waals surface area contributed by atoms with Crippen LogP contribution in [0.3, 0.4) is 0 Å². The van der Waals surface area contributed by atoms with Crippen molar-refractivity contribution in [3.05, 3.63) is 34.9 Å². The van der Waals surface area contributed by atoms with Crippen LogP contribution in [0.1, 0.15) is 36.0 Å². The molecule has 0 spiro atoms. The molecule has 2 aliphatic carbocycles. The smallest absolute Gasteiger partial charge is 0.338 e. The number of hydrogen-bond donors (Lipinski definition) is 0. The second kappa shape index (κ2) is 4.34. The van der Waals surface area contributed by atoms with Gasteiger partial charge in [0.15, 0.2) is 0 Å². The maximum atomic E-state index is 11.9. The summed E-state index contributed by atoms with van der Waals surface area (Å²) in [5.74, 6) is 1.19. The van der Waals surface area contributed by atoms with E-state index in [1.807, 2.05) is 0 Å². The first-order valence-electron chi connectivity index (χ1n) is 6.19. The fourth-order valence-electron chi connectivity index (χ4n) is 3.12. The largest absolute Gasteiger partial charge is 0.458 e. The molecule has 1 aromatic carbocycles. The van der Waals surface area contributed by atoms with E-state index < -0.39 is 0 Å². The van der Waals surface area contributed by atoms with Crippen LogP contribution in [0.4, 0.5) is 0 Å². The predicted molar refractivity (Wildman–Crippen MR) is 66.1 cm³/mol. The average molecular weight is 251 g/mol. The third kappa shape index (κ3) is 2.19. The summed E-state index contributed by atoms with van der Waals surface area (Å²) in [4.78, 5) is 11.9. The molecular formula is C14H15ClO2. The fourth-order valence-corrected chi connectivity index (χ4v) is 3.25. The van der Waals surface area contributed by atoms with E-state index in [1.54, 1.807) is 24.3 Å². The first-order chi connectivity index (χ1) is 8.22. The average Bonchev–Trinajstić information content (AvgIpc) is 2.91. The number of ether oxygens (including phenoxy) is 1. The summed E-state index contributed by atoms with van der Waals surface area (Å²) in [6.07, 6.45) is 5.00. The summed E-state index contributed by atoms with van der Waals surface area (Å²) in [7, 11) is 0. The Morgan fingerprint density at radius 1 is 1.18 bits per heavy atom. The van der Waals surface area contributed by atoms with Crippen LogP contribution < -0.4 is 0 Å². The summed E-state index contributed by atoms with van der Waals surface area (Å²) >= 11 is 5.79. The highest BCUT2D eigenvalue weighted by molar-refractivity contribution is 6.30. The van der Waals surface area contributed by atoms with Crippen molar-refractivity contribution in [1.82, 2.24) is 0 Å². The van der Waals surface area contributed by atoms with E-state index >= 15 is 0 Å². The minimum atomic E-state index is -0.209. The summed E-state index contributed by atoms with van der Waals surface area (Å²) < 4.78 is 5.59. The van der Waals surface area contributed by atoms with Crippen molar-refractivity contribution >= 4 is 17.6 Å². The van der Waals surface area contributed by atoms with Gasteiger partial charge in [-0.25, -0.2) is 4.79 Å². The summed E-state index contributed by atoms with van der Waals surface area (Å²) in [5, 5.41) is 0.640. The lowest BCUT2D eigenvalue weighted by molar-refractivity contribution is 0.0158. The van der Waals surface area contributed by atoms with Crippen molar-refractivity contribution in [1.29, 1.82) is 0 Å². The van der Waals surface area contributed by atoms with Crippen molar-refractivity contribution in [2.24, 2.45) is 11.8 Å². The number of rotatable bonds is 2. The van der Waals surface area contributed by atoms with Gasteiger partial charge in [-0.1, -0.05) is 11.6 Å². The first kappa shape index (κ1) is 11.1. The van der Waals surface area contributed by atoms with Crippen LogP contribution in [0, 0.1) is 11.8 Å². The van der Waals surface area contributed by atoms with Gasteiger partial charge < -0.3 is 4.74 Å². The maximum Gasteiger partial charge on any atom is 0.338 e. The monoisotopic (exact) mass is 250 g/mol. The standard InChI is InChI=1S/C14H15ClO2/c15-12-5-3-10(4-6-12)14(16)17-13-8-9-1-2-11(13)7-9/h3-6,9,11,13H,1-2,7-8H2. The Kier molecular flexibility index (Phi) is 2.83. The normalized spacial score (nSPS) is 30.5. The van der Waals surface area contributed by atoms with Crippen molar-refractivity contribution < 1.29 is 9.53 Å². The summed E-state index contributed by atoms with van der Waals surface area (Å²) in [5.41, 5.74) is 0.595. The molecule has 3 rings (SSSR count). The SMILES string of the molecule is O=C(OC1CC2CCC1C2)c1ccc(Cl)cc1. The van der Waals surface area contributed by atoms with Gasteiger partial charge in [0.1, 0.15) is 6.10 Å². The molecule has 0 radical (unpaired) electrons. The molecule has 0 saturated heterocycles. The molecule has 2 aliphatic rings. The number of esters is 1. The van der Waals surface area contributed by atoms with Crippen LogP contribution in [0.5, 0.6) is 0 Å². The Balaban J connectivity index is 1.65. The molecule has 2 bridgehead atoms. The summed E-state index contributed by atoms with van der Waals surface area (Å²) in [6.45, 7) is 0. The lowest BCUT2D eigenvalue weighted by Crippen LogP contribution is -2.24. The van der Waals surface area contributed by atoms with Gasteiger partial charge in [0.25, 0.3) is 0 Å². The highest BCUT2D eigenvalue weighted by Crippen LogP contribution is 2.46. The second-order valence-electron chi connectivity index (χ2n) is 5.13. The molecular weight excluding hydrogens is 236 g/mol. The van der Waals surface area contributed by atoms with Gasteiger partial charge in [-0.2, -0.15) is 0 Å². The molecule has 90 valence electrons. The molecule has 2 saturated carbocycles. The number of benzene rings is 1. The van der Waals surface area contributed by atoms with Gasteiger partial charge in [0, 0.05) is 5.02 Å². The molecule has 0 aromatic heterocycles. The second-order valence-corrected chi connectivity index (χ2v) is 5.56. The molecule has 0 amide bonds. The Hall–Kier alpha value is -1.02. The fraction of sp³-hybridized carbons (Fsp3) is 0.500. The number of halogens is 1. The third-order valence-electron chi connectivity index (χ3n) is 4.01. The van der Waals surface area contributed by atoms with Gasteiger partial charge in [-0.15, -0.1) is 0 Å². The van der Waals surface area contributed by atoms with E-state index in [2.05, 4.69) is 0 Å². The Morgan fingerprint density at radius 3 is 2.53 bits per heavy atom. The molecule has 2 nitrogen and oxygen atoms in total. The topological polar surface area (TPSA) is 26.3 Å². The van der Waals surface area contributed by atoms with Crippen LogP contribution in [0.25, 0.3) is 0 Å². The lowest BCUT2D eigenvalue weighted by atomic mass is 9.98. The van der Waals surface area contributed by atoms with Crippen LogP contribution in [-0.2, 0) is 4.74 Å². The van der Waals surface area contributed by atoms with Crippen molar-refractivity contribution in [2.45, 2.75) is 31.8 Å². The highest BCUT2D eigenvalue weighted by atomic mass is 35.5. The van der Waals surface area contributed by atoms with E-state index in [-0.39, 0.29) is 12.1 Å².